The lowest BCUT2D eigenvalue weighted by atomic mass is 10.3. The topological polar surface area (TPSA) is 34.1 Å². The molecule has 0 aromatic carbocycles. The van der Waals surface area contributed by atoms with Crippen LogP contribution in [0.25, 0.3) is 0 Å². The molecule has 1 atom stereocenters. The van der Waals surface area contributed by atoms with E-state index in [1.165, 1.54) is 11.3 Å². The van der Waals surface area contributed by atoms with Crippen LogP contribution < -0.4 is 10.1 Å². The van der Waals surface area contributed by atoms with Crippen LogP contribution in [0.3, 0.4) is 0 Å². The van der Waals surface area contributed by atoms with Crippen molar-refractivity contribution >= 4 is 22.9 Å². The van der Waals surface area contributed by atoms with E-state index in [2.05, 4.69) is 10.3 Å². The minimum atomic E-state index is 0.271. The van der Waals surface area contributed by atoms with Gasteiger partial charge in [-0.2, -0.15) is 4.98 Å². The zero-order valence-electron chi connectivity index (χ0n) is 6.42. The molecule has 66 valence electrons. The largest absolute Gasteiger partial charge is 0.465 e. The van der Waals surface area contributed by atoms with Crippen molar-refractivity contribution in [2.24, 2.45) is 0 Å². The molecule has 0 amide bonds. The summed E-state index contributed by atoms with van der Waals surface area (Å²) in [5.41, 5.74) is 0. The van der Waals surface area contributed by atoms with Crippen LogP contribution in [0.5, 0.6) is 5.19 Å². The van der Waals surface area contributed by atoms with Gasteiger partial charge in [0.2, 0.25) is 0 Å². The van der Waals surface area contributed by atoms with Gasteiger partial charge in [-0.05, 0) is 13.0 Å². The maximum atomic E-state index is 5.65. The van der Waals surface area contributed by atoms with Gasteiger partial charge in [-0.25, -0.2) is 0 Å². The van der Waals surface area contributed by atoms with E-state index in [9.17, 15) is 0 Å². The monoisotopic (exact) mass is 204 g/mol. The van der Waals surface area contributed by atoms with Gasteiger partial charge < -0.3 is 10.1 Å². The number of nitrogens with zero attached hydrogens (tertiary/aromatic N) is 1. The van der Waals surface area contributed by atoms with Crippen molar-refractivity contribution in [1.82, 2.24) is 10.3 Å². The summed E-state index contributed by atoms with van der Waals surface area (Å²) in [5.74, 6) is 0. The first-order chi connectivity index (χ1) is 5.84. The van der Waals surface area contributed by atoms with E-state index >= 15 is 0 Å². The molecule has 0 aliphatic carbocycles. The normalized spacial score (nSPS) is 22.9. The van der Waals surface area contributed by atoms with Gasteiger partial charge in [0, 0.05) is 11.9 Å². The van der Waals surface area contributed by atoms with E-state index in [1.807, 2.05) is 0 Å². The first kappa shape index (κ1) is 8.29. The third kappa shape index (κ3) is 1.88. The molecule has 1 aromatic rings. The molecule has 12 heavy (non-hydrogen) atoms. The minimum Gasteiger partial charge on any atom is -0.465 e. The highest BCUT2D eigenvalue weighted by atomic mass is 35.5. The Morgan fingerprint density at radius 1 is 1.75 bits per heavy atom. The minimum absolute atomic E-state index is 0.271. The Kier molecular flexibility index (Phi) is 2.48. The summed E-state index contributed by atoms with van der Waals surface area (Å²) in [7, 11) is 0. The van der Waals surface area contributed by atoms with Crippen LogP contribution in [-0.2, 0) is 0 Å². The van der Waals surface area contributed by atoms with Gasteiger partial charge in [-0.1, -0.05) is 22.9 Å². The SMILES string of the molecule is Clc1csc(OC2CCNC2)n1. The van der Waals surface area contributed by atoms with E-state index in [4.69, 9.17) is 16.3 Å². The number of ether oxygens (including phenoxy) is 1. The molecule has 1 fully saturated rings. The zero-order valence-corrected chi connectivity index (χ0v) is 7.99. The first-order valence-corrected chi connectivity index (χ1v) is 5.09. The van der Waals surface area contributed by atoms with Crippen LogP contribution in [0.2, 0.25) is 5.15 Å². The molecule has 1 aliphatic rings. The molecule has 1 aromatic heterocycles. The summed E-state index contributed by atoms with van der Waals surface area (Å²) in [6, 6.07) is 0. The molecule has 2 rings (SSSR count). The van der Waals surface area contributed by atoms with E-state index in [1.54, 1.807) is 5.38 Å². The van der Waals surface area contributed by atoms with Crippen molar-refractivity contribution in [3.8, 4) is 5.19 Å². The van der Waals surface area contributed by atoms with Gasteiger partial charge in [0.1, 0.15) is 11.3 Å². The predicted octanol–water partition coefficient (Wildman–Crippen LogP) is 1.54. The van der Waals surface area contributed by atoms with Crippen LogP contribution in [0.4, 0.5) is 0 Å². The van der Waals surface area contributed by atoms with Crippen LogP contribution in [0.1, 0.15) is 6.42 Å². The summed E-state index contributed by atoms with van der Waals surface area (Å²) in [5, 5.41) is 6.18. The lowest BCUT2D eigenvalue weighted by molar-refractivity contribution is 0.222. The zero-order chi connectivity index (χ0) is 8.39. The summed E-state index contributed by atoms with van der Waals surface area (Å²) in [6.45, 7) is 1.95. The van der Waals surface area contributed by atoms with Crippen molar-refractivity contribution in [2.75, 3.05) is 13.1 Å². The average molecular weight is 205 g/mol. The molecular formula is C7H9ClN2OS. The molecule has 2 heterocycles. The van der Waals surface area contributed by atoms with E-state index < -0.39 is 0 Å². The second-order valence-corrected chi connectivity index (χ2v) is 3.88. The number of thiazole rings is 1. The number of aromatic nitrogens is 1. The second-order valence-electron chi connectivity index (χ2n) is 2.67. The van der Waals surface area contributed by atoms with E-state index in [-0.39, 0.29) is 6.10 Å². The molecule has 3 nitrogen and oxygen atoms in total. The Hall–Kier alpha value is -0.320. The van der Waals surface area contributed by atoms with Crippen molar-refractivity contribution < 1.29 is 4.74 Å². The summed E-state index contributed by atoms with van der Waals surface area (Å²) in [6.07, 6.45) is 1.32. The Morgan fingerprint density at radius 3 is 3.25 bits per heavy atom. The molecule has 1 unspecified atom stereocenters. The second kappa shape index (κ2) is 3.60. The summed E-state index contributed by atoms with van der Waals surface area (Å²) in [4.78, 5) is 4.01. The van der Waals surface area contributed by atoms with E-state index in [0.29, 0.717) is 10.3 Å². The molecule has 1 N–H and O–H groups in total. The lowest BCUT2D eigenvalue weighted by Crippen LogP contribution is -2.19. The van der Waals surface area contributed by atoms with Gasteiger partial charge in [-0.3, -0.25) is 0 Å². The molecule has 0 saturated carbocycles. The van der Waals surface area contributed by atoms with Gasteiger partial charge in [-0.15, -0.1) is 0 Å². The van der Waals surface area contributed by atoms with Crippen molar-refractivity contribution in [3.05, 3.63) is 10.5 Å². The Labute approximate surface area is 79.7 Å². The Bertz CT molecular complexity index is 260. The Morgan fingerprint density at radius 2 is 2.67 bits per heavy atom. The van der Waals surface area contributed by atoms with Crippen molar-refractivity contribution in [1.29, 1.82) is 0 Å². The smallest absolute Gasteiger partial charge is 0.274 e. The maximum Gasteiger partial charge on any atom is 0.274 e. The number of hydrogen-bond donors (Lipinski definition) is 1. The fourth-order valence-electron chi connectivity index (χ4n) is 1.16. The molecule has 1 saturated heterocycles. The third-order valence-corrected chi connectivity index (χ3v) is 2.79. The van der Waals surface area contributed by atoms with E-state index in [0.717, 1.165) is 19.5 Å². The molecule has 5 heteroatoms. The number of nitrogens with one attached hydrogen (secondary N) is 1. The first-order valence-electron chi connectivity index (χ1n) is 3.83. The lowest BCUT2D eigenvalue weighted by Gasteiger charge is -2.07. The molecule has 0 bridgehead atoms. The Balaban J connectivity index is 1.94. The predicted molar refractivity (Wildman–Crippen MR) is 49.0 cm³/mol. The molecule has 1 aliphatic heterocycles. The van der Waals surface area contributed by atoms with Gasteiger partial charge in [0.15, 0.2) is 0 Å². The fraction of sp³-hybridized carbons (Fsp3) is 0.571. The highest BCUT2D eigenvalue weighted by Gasteiger charge is 2.16. The molecule has 0 spiro atoms. The third-order valence-electron chi connectivity index (χ3n) is 1.74. The molecular weight excluding hydrogens is 196 g/mol. The number of rotatable bonds is 2. The van der Waals surface area contributed by atoms with Gasteiger partial charge in [0.05, 0.1) is 0 Å². The maximum absolute atomic E-state index is 5.65. The average Bonchev–Trinajstić information content (AvgIpc) is 2.63. The quantitative estimate of drug-likeness (QED) is 0.794. The highest BCUT2D eigenvalue weighted by Crippen LogP contribution is 2.23. The van der Waals surface area contributed by atoms with Gasteiger partial charge in [0.25, 0.3) is 5.19 Å². The van der Waals surface area contributed by atoms with Crippen LogP contribution >= 0.6 is 22.9 Å². The van der Waals surface area contributed by atoms with Crippen LogP contribution in [-0.4, -0.2) is 24.2 Å². The van der Waals surface area contributed by atoms with Crippen LogP contribution in [0, 0.1) is 0 Å². The number of hydrogen-bond acceptors (Lipinski definition) is 4. The van der Waals surface area contributed by atoms with Gasteiger partial charge >= 0.3 is 0 Å². The standard InChI is InChI=1S/C7H9ClN2OS/c8-6-4-12-7(10-6)11-5-1-2-9-3-5/h4-5,9H,1-3H2. The summed E-state index contributed by atoms with van der Waals surface area (Å²) < 4.78 is 5.56. The fourth-order valence-corrected chi connectivity index (χ4v) is 2.02. The van der Waals surface area contributed by atoms with Crippen molar-refractivity contribution in [2.45, 2.75) is 12.5 Å². The van der Waals surface area contributed by atoms with Crippen LogP contribution in [0.15, 0.2) is 5.38 Å². The summed E-state index contributed by atoms with van der Waals surface area (Å²) >= 11 is 7.09. The highest BCUT2D eigenvalue weighted by molar-refractivity contribution is 7.11. The molecule has 0 radical (unpaired) electrons. The van der Waals surface area contributed by atoms with Crippen molar-refractivity contribution in [3.63, 3.8) is 0 Å². The number of halogens is 1.